The minimum absolute atomic E-state index is 0.122. The highest BCUT2D eigenvalue weighted by Gasteiger charge is 2.11. The first-order chi connectivity index (χ1) is 12.4. The molecule has 0 radical (unpaired) electrons. The van der Waals surface area contributed by atoms with Gasteiger partial charge in [-0.3, -0.25) is 0 Å². The number of thiazole rings is 1. The molecule has 142 valence electrons. The molecule has 2 aromatic rings. The lowest BCUT2D eigenvalue weighted by molar-refractivity contribution is -0.0504. The number of alkyl halides is 2. The van der Waals surface area contributed by atoms with Crippen LogP contribution in [-0.2, 0) is 13.1 Å². The van der Waals surface area contributed by atoms with Crippen molar-refractivity contribution in [2.75, 3.05) is 6.54 Å². The van der Waals surface area contributed by atoms with Crippen LogP contribution in [0.15, 0.2) is 27.7 Å². The van der Waals surface area contributed by atoms with E-state index >= 15 is 0 Å². The van der Waals surface area contributed by atoms with E-state index in [2.05, 4.69) is 41.3 Å². The molecule has 0 bridgehead atoms. The molecule has 0 aliphatic heterocycles. The van der Waals surface area contributed by atoms with Crippen LogP contribution in [0.4, 0.5) is 8.78 Å². The zero-order chi connectivity index (χ0) is 19.1. The lowest BCUT2D eigenvalue weighted by Gasteiger charge is -2.13. The summed E-state index contributed by atoms with van der Waals surface area (Å²) in [5.41, 5.74) is 1.57. The number of aromatic nitrogens is 1. The Bertz CT molecular complexity index is 767. The molecule has 0 aliphatic carbocycles. The molecule has 5 nitrogen and oxygen atoms in total. The van der Waals surface area contributed by atoms with Crippen LogP contribution in [0.2, 0.25) is 0 Å². The SMILES string of the molecule is CCNC(=NCc1cc(Br)ccc1OC(F)F)NCc1sc(C)nc1C. The maximum absolute atomic E-state index is 12.6. The van der Waals surface area contributed by atoms with Crippen LogP contribution in [0.25, 0.3) is 0 Å². The third-order valence-electron chi connectivity index (χ3n) is 3.41. The average molecular weight is 447 g/mol. The van der Waals surface area contributed by atoms with Crippen molar-refractivity contribution in [2.24, 2.45) is 4.99 Å². The first-order valence-corrected chi connectivity index (χ1v) is 9.68. The Morgan fingerprint density at radius 1 is 1.35 bits per heavy atom. The molecule has 9 heteroatoms. The molecule has 0 amide bonds. The number of benzene rings is 1. The molecule has 1 heterocycles. The molecule has 0 atom stereocenters. The zero-order valence-corrected chi connectivity index (χ0v) is 17.2. The standard InChI is InChI=1S/C17H21BrF2N4OS/c1-4-21-17(23-9-15-10(2)24-11(3)26-15)22-8-12-7-13(18)5-6-14(12)25-16(19)20/h5-7,16H,4,8-9H2,1-3H3,(H2,21,22,23). The first kappa shape index (κ1) is 20.6. The predicted molar refractivity (Wildman–Crippen MR) is 104 cm³/mol. The number of aliphatic imine (C=N–C) groups is 1. The summed E-state index contributed by atoms with van der Waals surface area (Å²) in [5.74, 6) is 0.720. The summed E-state index contributed by atoms with van der Waals surface area (Å²) < 4.78 is 30.5. The largest absolute Gasteiger partial charge is 0.434 e. The summed E-state index contributed by atoms with van der Waals surface area (Å²) in [6.45, 7) is 4.52. The highest BCUT2D eigenvalue weighted by atomic mass is 79.9. The minimum Gasteiger partial charge on any atom is -0.434 e. The fraction of sp³-hybridized carbons (Fsp3) is 0.412. The van der Waals surface area contributed by atoms with E-state index in [0.717, 1.165) is 20.1 Å². The molecule has 2 N–H and O–H groups in total. The van der Waals surface area contributed by atoms with Crippen LogP contribution in [0, 0.1) is 13.8 Å². The van der Waals surface area contributed by atoms with Gasteiger partial charge >= 0.3 is 6.61 Å². The van der Waals surface area contributed by atoms with Crippen LogP contribution < -0.4 is 15.4 Å². The smallest absolute Gasteiger partial charge is 0.387 e. The zero-order valence-electron chi connectivity index (χ0n) is 14.8. The van der Waals surface area contributed by atoms with E-state index in [4.69, 9.17) is 0 Å². The molecule has 0 spiro atoms. The van der Waals surface area contributed by atoms with Gasteiger partial charge in [-0.05, 0) is 39.0 Å². The van der Waals surface area contributed by atoms with Gasteiger partial charge < -0.3 is 15.4 Å². The number of ether oxygens (including phenoxy) is 1. The number of nitrogens with one attached hydrogen (secondary N) is 2. The molecule has 0 unspecified atom stereocenters. The Hall–Kier alpha value is -1.74. The summed E-state index contributed by atoms with van der Waals surface area (Å²) in [4.78, 5) is 10.0. The topological polar surface area (TPSA) is 58.5 Å². The summed E-state index contributed by atoms with van der Waals surface area (Å²) in [6.07, 6.45) is 0. The second-order valence-corrected chi connectivity index (χ2v) is 7.62. The van der Waals surface area contributed by atoms with Gasteiger partial charge in [0, 0.05) is 21.5 Å². The highest BCUT2D eigenvalue weighted by molar-refractivity contribution is 9.10. The Labute approximate surface area is 164 Å². The molecule has 1 aromatic heterocycles. The number of aryl methyl sites for hydroxylation is 2. The van der Waals surface area contributed by atoms with E-state index in [0.29, 0.717) is 24.6 Å². The second-order valence-electron chi connectivity index (χ2n) is 5.42. The van der Waals surface area contributed by atoms with Crippen molar-refractivity contribution in [1.82, 2.24) is 15.6 Å². The van der Waals surface area contributed by atoms with E-state index in [-0.39, 0.29) is 12.3 Å². The van der Waals surface area contributed by atoms with Crippen molar-refractivity contribution in [1.29, 1.82) is 0 Å². The quantitative estimate of drug-likeness (QED) is 0.489. The van der Waals surface area contributed by atoms with Crippen molar-refractivity contribution in [2.45, 2.75) is 40.5 Å². The summed E-state index contributed by atoms with van der Waals surface area (Å²) in [5, 5.41) is 7.41. The monoisotopic (exact) mass is 446 g/mol. The second kappa shape index (κ2) is 9.82. The van der Waals surface area contributed by atoms with Gasteiger partial charge in [-0.1, -0.05) is 15.9 Å². The highest BCUT2D eigenvalue weighted by Crippen LogP contribution is 2.25. The van der Waals surface area contributed by atoms with Gasteiger partial charge in [0.1, 0.15) is 5.75 Å². The van der Waals surface area contributed by atoms with Crippen molar-refractivity contribution in [3.63, 3.8) is 0 Å². The van der Waals surface area contributed by atoms with E-state index < -0.39 is 6.61 Å². The summed E-state index contributed by atoms with van der Waals surface area (Å²) >= 11 is 4.98. The molecular weight excluding hydrogens is 426 g/mol. The van der Waals surface area contributed by atoms with Crippen molar-refractivity contribution >= 4 is 33.2 Å². The Balaban J connectivity index is 2.11. The van der Waals surface area contributed by atoms with Gasteiger partial charge in [0.05, 0.1) is 23.8 Å². The first-order valence-electron chi connectivity index (χ1n) is 8.07. The van der Waals surface area contributed by atoms with Gasteiger partial charge in [-0.2, -0.15) is 8.78 Å². The van der Waals surface area contributed by atoms with Crippen LogP contribution in [0.5, 0.6) is 5.75 Å². The van der Waals surface area contributed by atoms with Crippen LogP contribution in [-0.4, -0.2) is 24.1 Å². The average Bonchev–Trinajstić information content (AvgIpc) is 2.89. The fourth-order valence-corrected chi connectivity index (χ4v) is 3.58. The third kappa shape index (κ3) is 6.21. The van der Waals surface area contributed by atoms with Crippen molar-refractivity contribution < 1.29 is 13.5 Å². The number of halogens is 3. The summed E-state index contributed by atoms with van der Waals surface area (Å²) in [7, 11) is 0. The van der Waals surface area contributed by atoms with Crippen molar-refractivity contribution in [3.05, 3.63) is 43.8 Å². The lowest BCUT2D eigenvalue weighted by Crippen LogP contribution is -2.36. The number of hydrogen-bond donors (Lipinski definition) is 2. The minimum atomic E-state index is -2.87. The van der Waals surface area contributed by atoms with E-state index in [9.17, 15) is 8.78 Å². The van der Waals surface area contributed by atoms with Gasteiger partial charge in [-0.25, -0.2) is 9.98 Å². The molecule has 0 saturated carbocycles. The van der Waals surface area contributed by atoms with Crippen molar-refractivity contribution in [3.8, 4) is 5.75 Å². The molecular formula is C17H21BrF2N4OS. The van der Waals surface area contributed by atoms with Crippen LogP contribution >= 0.6 is 27.3 Å². The van der Waals surface area contributed by atoms with Gasteiger partial charge in [0.15, 0.2) is 5.96 Å². The molecule has 0 aliphatic rings. The van der Waals surface area contributed by atoms with E-state index in [1.807, 2.05) is 20.8 Å². The predicted octanol–water partition coefficient (Wildman–Crippen LogP) is 4.38. The van der Waals surface area contributed by atoms with E-state index in [1.54, 1.807) is 23.5 Å². The van der Waals surface area contributed by atoms with Gasteiger partial charge in [-0.15, -0.1) is 11.3 Å². The number of hydrogen-bond acceptors (Lipinski definition) is 4. The Morgan fingerprint density at radius 3 is 2.73 bits per heavy atom. The number of rotatable bonds is 7. The fourth-order valence-electron chi connectivity index (χ4n) is 2.29. The molecule has 2 rings (SSSR count). The van der Waals surface area contributed by atoms with Crippen LogP contribution in [0.1, 0.15) is 28.1 Å². The number of guanidine groups is 1. The lowest BCUT2D eigenvalue weighted by atomic mass is 10.2. The molecule has 0 fully saturated rings. The Kier molecular flexibility index (Phi) is 7.77. The summed E-state index contributed by atoms with van der Waals surface area (Å²) in [6, 6.07) is 4.88. The van der Waals surface area contributed by atoms with E-state index in [1.165, 1.54) is 6.07 Å². The van der Waals surface area contributed by atoms with Gasteiger partial charge in [0.2, 0.25) is 0 Å². The Morgan fingerprint density at radius 2 is 2.12 bits per heavy atom. The maximum Gasteiger partial charge on any atom is 0.387 e. The number of nitrogens with zero attached hydrogens (tertiary/aromatic N) is 2. The molecule has 26 heavy (non-hydrogen) atoms. The maximum atomic E-state index is 12.6. The third-order valence-corrected chi connectivity index (χ3v) is 4.97. The molecule has 1 aromatic carbocycles. The normalized spacial score (nSPS) is 11.7. The molecule has 0 saturated heterocycles. The van der Waals surface area contributed by atoms with Gasteiger partial charge in [0.25, 0.3) is 0 Å². The van der Waals surface area contributed by atoms with Crippen LogP contribution in [0.3, 0.4) is 0 Å².